The highest BCUT2D eigenvalue weighted by atomic mass is 32.2. The third kappa shape index (κ3) is 3.03. The third-order valence-electron chi connectivity index (χ3n) is 2.94. The van der Waals surface area contributed by atoms with Gasteiger partial charge in [-0.05, 0) is 17.4 Å². The molecule has 0 radical (unpaired) electrons. The van der Waals surface area contributed by atoms with Crippen molar-refractivity contribution in [3.05, 3.63) is 53.5 Å². The molecular formula is C17H15O3S2+. The maximum Gasteiger partial charge on any atom is 0.350 e. The average Bonchev–Trinajstić information content (AvgIpc) is 3.17. The Morgan fingerprint density at radius 2 is 2.32 bits per heavy atom. The summed E-state index contributed by atoms with van der Waals surface area (Å²) >= 11 is 1.69. The largest absolute Gasteiger partial charge is 0.505 e. The van der Waals surface area contributed by atoms with Gasteiger partial charge in [-0.15, -0.1) is 11.3 Å². The van der Waals surface area contributed by atoms with Crippen molar-refractivity contribution in [3.63, 3.8) is 0 Å². The zero-order valence-corrected chi connectivity index (χ0v) is 13.7. The second-order valence-electron chi connectivity index (χ2n) is 4.46. The van der Waals surface area contributed by atoms with E-state index in [0.717, 1.165) is 11.5 Å². The maximum absolute atomic E-state index is 9.84. The zero-order valence-electron chi connectivity index (χ0n) is 12.0. The predicted molar refractivity (Wildman–Crippen MR) is 91.1 cm³/mol. The van der Waals surface area contributed by atoms with E-state index in [1.54, 1.807) is 17.4 Å². The van der Waals surface area contributed by atoms with Gasteiger partial charge in [-0.25, -0.2) is 0 Å². The van der Waals surface area contributed by atoms with Gasteiger partial charge in [0.2, 0.25) is 4.88 Å². The van der Waals surface area contributed by atoms with Crippen LogP contribution >= 0.6 is 21.8 Å². The smallest absolute Gasteiger partial charge is 0.350 e. The Kier molecular flexibility index (Phi) is 4.52. The van der Waals surface area contributed by atoms with Crippen LogP contribution in [0.25, 0.3) is 9.75 Å². The van der Waals surface area contributed by atoms with E-state index in [9.17, 15) is 5.11 Å². The lowest BCUT2D eigenvalue weighted by Gasteiger charge is -2.10. The van der Waals surface area contributed by atoms with Crippen LogP contribution in [0.2, 0.25) is 0 Å². The zero-order chi connectivity index (χ0) is 15.4. The summed E-state index contributed by atoms with van der Waals surface area (Å²) in [7, 11) is -0.419. The van der Waals surface area contributed by atoms with Gasteiger partial charge >= 0.3 is 5.06 Å². The van der Waals surface area contributed by atoms with Crippen molar-refractivity contribution in [3.8, 4) is 26.0 Å². The van der Waals surface area contributed by atoms with Gasteiger partial charge in [-0.3, -0.25) is 0 Å². The first-order valence-electron chi connectivity index (χ1n) is 6.86. The van der Waals surface area contributed by atoms with Crippen molar-refractivity contribution in [2.45, 2.75) is 13.3 Å². The van der Waals surface area contributed by atoms with Gasteiger partial charge in [0.1, 0.15) is 17.1 Å². The second kappa shape index (κ2) is 6.73. The molecule has 3 heterocycles. The fourth-order valence-electron chi connectivity index (χ4n) is 1.92. The average molecular weight is 331 g/mol. The molecule has 5 heteroatoms. The number of hydrogen-bond donors (Lipinski definition) is 1. The number of aliphatic hydroxyl groups excluding tert-OH is 1. The van der Waals surface area contributed by atoms with Gasteiger partial charge in [0.05, 0.1) is 11.1 Å². The van der Waals surface area contributed by atoms with Crippen LogP contribution in [0.5, 0.6) is 5.06 Å². The summed E-state index contributed by atoms with van der Waals surface area (Å²) in [5, 5.41) is 15.9. The molecule has 0 saturated heterocycles. The normalized spacial score (nSPS) is 14.3. The fraction of sp³-hybridized carbons (Fsp3) is 0.176. The van der Waals surface area contributed by atoms with Gasteiger partial charge in [-0.2, -0.15) is 0 Å². The number of aliphatic hydroxyl groups is 1. The van der Waals surface area contributed by atoms with Crippen LogP contribution in [0.1, 0.15) is 13.3 Å². The SMILES string of the molecule is CCC#C[s+]1c(OC2=C(O)COC=C2)ccc1-c1cccs1. The molecule has 0 bridgehead atoms. The number of thiophene rings is 2. The molecule has 0 aromatic carbocycles. The van der Waals surface area contributed by atoms with Crippen LogP contribution in [-0.4, -0.2) is 11.7 Å². The molecule has 112 valence electrons. The van der Waals surface area contributed by atoms with Gasteiger partial charge in [0.15, 0.2) is 16.8 Å². The van der Waals surface area contributed by atoms with E-state index in [0.29, 0.717) is 5.76 Å². The van der Waals surface area contributed by atoms with E-state index in [1.165, 1.54) is 16.0 Å². The summed E-state index contributed by atoms with van der Waals surface area (Å²) in [6.45, 7) is 2.17. The van der Waals surface area contributed by atoms with Crippen molar-refractivity contribution in [2.75, 3.05) is 6.61 Å². The minimum absolute atomic E-state index is 0.0972. The molecule has 0 fully saturated rings. The maximum atomic E-state index is 9.84. The fourth-order valence-corrected chi connectivity index (χ4v) is 4.53. The van der Waals surface area contributed by atoms with E-state index in [-0.39, 0.29) is 12.4 Å². The summed E-state index contributed by atoms with van der Waals surface area (Å²) in [5.41, 5.74) is 0. The van der Waals surface area contributed by atoms with Gasteiger partial charge < -0.3 is 14.6 Å². The molecule has 0 saturated carbocycles. The summed E-state index contributed by atoms with van der Waals surface area (Å²) in [6, 6.07) is 8.11. The molecule has 2 aromatic rings. The molecule has 1 aliphatic heterocycles. The molecule has 22 heavy (non-hydrogen) atoms. The van der Waals surface area contributed by atoms with Crippen molar-refractivity contribution in [1.29, 1.82) is 0 Å². The lowest BCUT2D eigenvalue weighted by Crippen LogP contribution is -2.06. The molecular weight excluding hydrogens is 316 g/mol. The van der Waals surface area contributed by atoms with E-state index in [4.69, 9.17) is 9.47 Å². The quantitative estimate of drug-likeness (QED) is 0.630. The molecule has 0 amide bonds. The number of hydrogen-bond acceptors (Lipinski definition) is 4. The van der Waals surface area contributed by atoms with E-state index >= 15 is 0 Å². The highest BCUT2D eigenvalue weighted by Gasteiger charge is 2.25. The van der Waals surface area contributed by atoms with Crippen LogP contribution in [0.4, 0.5) is 0 Å². The first-order chi connectivity index (χ1) is 10.8. The molecule has 1 aliphatic rings. The number of ether oxygens (including phenoxy) is 2. The Morgan fingerprint density at radius 3 is 3.05 bits per heavy atom. The van der Waals surface area contributed by atoms with Gasteiger partial charge in [-0.1, -0.05) is 13.0 Å². The van der Waals surface area contributed by atoms with Crippen LogP contribution in [0.3, 0.4) is 0 Å². The van der Waals surface area contributed by atoms with E-state index < -0.39 is 10.5 Å². The highest BCUT2D eigenvalue weighted by Crippen LogP contribution is 2.45. The summed E-state index contributed by atoms with van der Waals surface area (Å²) in [5.74, 6) is 3.67. The monoisotopic (exact) mass is 331 g/mol. The standard InChI is InChI=1S/C17H14O3S2/c1-2-3-11-22-16(15-5-4-10-21-15)6-7-17(22)20-14-8-9-19-12-13(14)18/h4-10H,2,12H2,1H3/p+1. The molecule has 1 N–H and O–H groups in total. The van der Waals surface area contributed by atoms with E-state index in [2.05, 4.69) is 28.7 Å². The number of allylic oxidation sites excluding steroid dienone is 1. The molecule has 2 aromatic heterocycles. The highest BCUT2D eigenvalue weighted by molar-refractivity contribution is 7.43. The summed E-state index contributed by atoms with van der Waals surface area (Å²) in [4.78, 5) is 2.37. The molecule has 3 rings (SSSR count). The van der Waals surface area contributed by atoms with Crippen molar-refractivity contribution >= 4 is 21.8 Å². The second-order valence-corrected chi connectivity index (χ2v) is 7.07. The van der Waals surface area contributed by atoms with Gasteiger partial charge in [0.25, 0.3) is 0 Å². The number of rotatable bonds is 3. The minimum atomic E-state index is -0.419. The molecule has 0 spiro atoms. The van der Waals surface area contributed by atoms with E-state index in [1.807, 2.05) is 19.1 Å². The first kappa shape index (κ1) is 14.8. The summed E-state index contributed by atoms with van der Waals surface area (Å²) < 4.78 is 10.9. The van der Waals surface area contributed by atoms with Crippen LogP contribution < -0.4 is 4.74 Å². The lowest BCUT2D eigenvalue weighted by atomic mass is 10.3. The molecule has 1 unspecified atom stereocenters. The van der Waals surface area contributed by atoms with Crippen molar-refractivity contribution in [2.24, 2.45) is 0 Å². The lowest BCUT2D eigenvalue weighted by molar-refractivity contribution is 0.198. The Hall–Kier alpha value is -2.16. The predicted octanol–water partition coefficient (Wildman–Crippen LogP) is 5.08. The third-order valence-corrected chi connectivity index (χ3v) is 5.74. The molecule has 0 aliphatic carbocycles. The van der Waals surface area contributed by atoms with Crippen LogP contribution in [0.15, 0.2) is 53.5 Å². The Morgan fingerprint density at radius 1 is 1.41 bits per heavy atom. The Balaban J connectivity index is 1.99. The summed E-state index contributed by atoms with van der Waals surface area (Å²) in [6.07, 6.45) is 3.95. The van der Waals surface area contributed by atoms with Crippen LogP contribution in [-0.2, 0) is 4.74 Å². The molecule has 3 nitrogen and oxygen atoms in total. The topological polar surface area (TPSA) is 38.7 Å². The Bertz CT molecular complexity index is 771. The Labute approximate surface area is 136 Å². The van der Waals surface area contributed by atoms with Crippen molar-refractivity contribution in [1.82, 2.24) is 0 Å². The minimum Gasteiger partial charge on any atom is -0.505 e. The molecule has 1 atom stereocenters. The van der Waals surface area contributed by atoms with Crippen LogP contribution in [0, 0.1) is 11.2 Å². The van der Waals surface area contributed by atoms with Crippen molar-refractivity contribution < 1.29 is 14.6 Å². The first-order valence-corrected chi connectivity index (χ1v) is 8.97. The van der Waals surface area contributed by atoms with Gasteiger partial charge in [0, 0.05) is 24.6 Å².